The molecule has 0 bridgehead atoms. The lowest BCUT2D eigenvalue weighted by atomic mass is 10.2. The first-order valence-corrected chi connectivity index (χ1v) is 5.50. The second kappa shape index (κ2) is 5.17. The third kappa shape index (κ3) is 2.57. The van der Waals surface area contributed by atoms with E-state index in [1.165, 1.54) is 12.1 Å². The van der Waals surface area contributed by atoms with Gasteiger partial charge in [0, 0.05) is 12.1 Å². The molecule has 88 valence electrons. The van der Waals surface area contributed by atoms with Gasteiger partial charge in [-0.15, -0.1) is 0 Å². The van der Waals surface area contributed by atoms with Crippen molar-refractivity contribution in [1.82, 2.24) is 0 Å². The molecule has 0 heterocycles. The molecule has 0 fully saturated rings. The summed E-state index contributed by atoms with van der Waals surface area (Å²) < 4.78 is 19.1. The zero-order valence-corrected chi connectivity index (χ0v) is 9.75. The molecule has 0 radical (unpaired) electrons. The van der Waals surface area contributed by atoms with Crippen LogP contribution in [0.15, 0.2) is 42.5 Å². The average Bonchev–Trinajstić information content (AvgIpc) is 2.35. The van der Waals surface area contributed by atoms with Crippen molar-refractivity contribution in [2.45, 2.75) is 6.54 Å². The normalized spacial score (nSPS) is 10.3. The van der Waals surface area contributed by atoms with Gasteiger partial charge in [0.1, 0.15) is 5.75 Å². The molecule has 0 spiro atoms. The summed E-state index contributed by atoms with van der Waals surface area (Å²) in [4.78, 5) is 0. The predicted molar refractivity (Wildman–Crippen MR) is 65.8 cm³/mol. The van der Waals surface area contributed by atoms with Crippen LogP contribution >= 0.6 is 11.6 Å². The van der Waals surface area contributed by atoms with Crippen molar-refractivity contribution in [3.63, 3.8) is 0 Å². The van der Waals surface area contributed by atoms with Crippen LogP contribution in [0.1, 0.15) is 5.56 Å². The van der Waals surface area contributed by atoms with E-state index in [9.17, 15) is 4.39 Å². The molecule has 0 saturated heterocycles. The van der Waals surface area contributed by atoms with Gasteiger partial charge in [-0.3, -0.25) is 0 Å². The highest BCUT2D eigenvalue weighted by Crippen LogP contribution is 2.30. The molecule has 0 aliphatic heterocycles. The Morgan fingerprint density at radius 2 is 1.76 bits per heavy atom. The van der Waals surface area contributed by atoms with Crippen LogP contribution in [0.4, 0.5) is 4.39 Å². The molecule has 0 saturated carbocycles. The Bertz CT molecular complexity index is 531. The van der Waals surface area contributed by atoms with Gasteiger partial charge in [0.25, 0.3) is 0 Å². The first kappa shape index (κ1) is 11.9. The van der Waals surface area contributed by atoms with E-state index in [2.05, 4.69) is 0 Å². The van der Waals surface area contributed by atoms with E-state index in [4.69, 9.17) is 22.1 Å². The average molecular weight is 252 g/mol. The number of halogens is 2. The number of rotatable bonds is 3. The second-order valence-electron chi connectivity index (χ2n) is 3.47. The topological polar surface area (TPSA) is 35.2 Å². The van der Waals surface area contributed by atoms with Crippen LogP contribution in [-0.4, -0.2) is 0 Å². The van der Waals surface area contributed by atoms with E-state index in [0.29, 0.717) is 12.3 Å². The summed E-state index contributed by atoms with van der Waals surface area (Å²) in [5.41, 5.74) is 6.38. The highest BCUT2D eigenvalue weighted by molar-refractivity contribution is 6.30. The van der Waals surface area contributed by atoms with E-state index in [-0.39, 0.29) is 10.8 Å². The van der Waals surface area contributed by atoms with Crippen LogP contribution in [0, 0.1) is 5.82 Å². The summed E-state index contributed by atoms with van der Waals surface area (Å²) in [5.74, 6) is 0.0653. The number of ether oxygens (including phenoxy) is 1. The van der Waals surface area contributed by atoms with Crippen molar-refractivity contribution >= 4 is 11.6 Å². The van der Waals surface area contributed by atoms with Gasteiger partial charge >= 0.3 is 0 Å². The standard InChI is InChI=1S/C13H11ClFNO/c14-10-5-3-7-12(13(10)15)17-11-6-2-1-4-9(11)8-16/h1-7H,8,16H2. The van der Waals surface area contributed by atoms with Crippen LogP contribution in [0.25, 0.3) is 0 Å². The van der Waals surface area contributed by atoms with Crippen LogP contribution < -0.4 is 10.5 Å². The number of hydrogen-bond acceptors (Lipinski definition) is 2. The highest BCUT2D eigenvalue weighted by Gasteiger charge is 2.09. The van der Waals surface area contributed by atoms with Gasteiger partial charge < -0.3 is 10.5 Å². The number of para-hydroxylation sites is 1. The SMILES string of the molecule is NCc1ccccc1Oc1cccc(Cl)c1F. The zero-order chi connectivity index (χ0) is 12.3. The fraction of sp³-hybridized carbons (Fsp3) is 0.0769. The molecule has 0 aliphatic rings. The summed E-state index contributed by atoms with van der Waals surface area (Å²) in [6.45, 7) is 0.332. The van der Waals surface area contributed by atoms with Gasteiger partial charge in [0.05, 0.1) is 5.02 Å². The Morgan fingerprint density at radius 3 is 2.53 bits per heavy atom. The molecule has 4 heteroatoms. The van der Waals surface area contributed by atoms with Gasteiger partial charge in [-0.1, -0.05) is 35.9 Å². The Labute approximate surface area is 104 Å². The zero-order valence-electron chi connectivity index (χ0n) is 8.99. The first-order valence-electron chi connectivity index (χ1n) is 5.12. The van der Waals surface area contributed by atoms with Crippen LogP contribution in [0.2, 0.25) is 5.02 Å². The fourth-order valence-corrected chi connectivity index (χ4v) is 1.62. The summed E-state index contributed by atoms with van der Waals surface area (Å²) in [6, 6.07) is 11.8. The van der Waals surface area contributed by atoms with Gasteiger partial charge in [-0.25, -0.2) is 4.39 Å². The molecule has 17 heavy (non-hydrogen) atoms. The molecule has 2 aromatic carbocycles. The smallest absolute Gasteiger partial charge is 0.184 e. The van der Waals surface area contributed by atoms with Crippen LogP contribution in [0.3, 0.4) is 0 Å². The molecule has 0 aromatic heterocycles. The van der Waals surface area contributed by atoms with Gasteiger partial charge in [0.2, 0.25) is 0 Å². The predicted octanol–water partition coefficient (Wildman–Crippen LogP) is 3.73. The van der Waals surface area contributed by atoms with Crippen molar-refractivity contribution < 1.29 is 9.13 Å². The molecule has 0 aliphatic carbocycles. The van der Waals surface area contributed by atoms with E-state index in [0.717, 1.165) is 5.56 Å². The monoisotopic (exact) mass is 251 g/mol. The van der Waals surface area contributed by atoms with Crippen LogP contribution in [-0.2, 0) is 6.54 Å². The lowest BCUT2D eigenvalue weighted by molar-refractivity contribution is 0.438. The maximum absolute atomic E-state index is 13.6. The minimum Gasteiger partial charge on any atom is -0.454 e. The van der Waals surface area contributed by atoms with Crippen molar-refractivity contribution in [3.05, 3.63) is 58.9 Å². The lowest BCUT2D eigenvalue weighted by Crippen LogP contribution is -1.99. The third-order valence-electron chi connectivity index (χ3n) is 2.33. The Balaban J connectivity index is 2.35. The molecular weight excluding hydrogens is 241 g/mol. The van der Waals surface area contributed by atoms with E-state index >= 15 is 0 Å². The molecule has 2 N–H and O–H groups in total. The third-order valence-corrected chi connectivity index (χ3v) is 2.62. The molecule has 0 unspecified atom stereocenters. The van der Waals surface area contributed by atoms with E-state index in [1.54, 1.807) is 18.2 Å². The van der Waals surface area contributed by atoms with Gasteiger partial charge in [-0.05, 0) is 18.2 Å². The van der Waals surface area contributed by atoms with Crippen molar-refractivity contribution in [2.75, 3.05) is 0 Å². The van der Waals surface area contributed by atoms with Gasteiger partial charge in [-0.2, -0.15) is 0 Å². The Morgan fingerprint density at radius 1 is 1.06 bits per heavy atom. The van der Waals surface area contributed by atoms with Gasteiger partial charge in [0.15, 0.2) is 11.6 Å². The largest absolute Gasteiger partial charge is 0.454 e. The number of nitrogens with two attached hydrogens (primary N) is 1. The Hall–Kier alpha value is -1.58. The van der Waals surface area contributed by atoms with E-state index in [1.807, 2.05) is 12.1 Å². The molecular formula is C13H11ClFNO. The number of hydrogen-bond donors (Lipinski definition) is 1. The summed E-state index contributed by atoms with van der Waals surface area (Å²) in [6.07, 6.45) is 0. The minimum atomic E-state index is -0.569. The quantitative estimate of drug-likeness (QED) is 0.902. The molecule has 0 amide bonds. The number of benzene rings is 2. The maximum atomic E-state index is 13.6. The summed E-state index contributed by atoms with van der Waals surface area (Å²) in [7, 11) is 0. The second-order valence-corrected chi connectivity index (χ2v) is 3.87. The minimum absolute atomic E-state index is 0.0349. The van der Waals surface area contributed by atoms with E-state index < -0.39 is 5.82 Å². The van der Waals surface area contributed by atoms with Crippen molar-refractivity contribution in [2.24, 2.45) is 5.73 Å². The summed E-state index contributed by atoms with van der Waals surface area (Å²) >= 11 is 5.67. The van der Waals surface area contributed by atoms with Crippen molar-refractivity contribution in [3.8, 4) is 11.5 Å². The van der Waals surface area contributed by atoms with Crippen LogP contribution in [0.5, 0.6) is 11.5 Å². The maximum Gasteiger partial charge on any atom is 0.184 e. The lowest BCUT2D eigenvalue weighted by Gasteiger charge is -2.10. The van der Waals surface area contributed by atoms with Crippen molar-refractivity contribution in [1.29, 1.82) is 0 Å². The first-order chi connectivity index (χ1) is 8.22. The molecule has 2 aromatic rings. The highest BCUT2D eigenvalue weighted by atomic mass is 35.5. The molecule has 0 atom stereocenters. The Kier molecular flexibility index (Phi) is 3.61. The molecule has 2 nitrogen and oxygen atoms in total. The summed E-state index contributed by atoms with van der Waals surface area (Å²) in [5, 5.41) is 0.0349. The fourth-order valence-electron chi connectivity index (χ4n) is 1.45. The molecule has 2 rings (SSSR count).